The molecule has 124 heavy (non-hydrogen) atoms. The Morgan fingerprint density at radius 2 is 0.887 bits per heavy atom. The highest BCUT2D eigenvalue weighted by molar-refractivity contribution is 6.09. The number of pyridine rings is 3. The third-order valence-electron chi connectivity index (χ3n) is 23.7. The molecule has 3 aliphatic rings. The number of nitrogens with one attached hydrogen (secondary N) is 4. The number of carbonyl (C=O) groups is 3. The third-order valence-corrected chi connectivity index (χ3v) is 23.7. The largest absolute Gasteiger partial charge is 0.493 e. The molecule has 6 aromatic carbocycles. The minimum Gasteiger partial charge on any atom is -0.493 e. The highest BCUT2D eigenvalue weighted by Crippen LogP contribution is 2.40. The molecule has 632 valence electrons. The highest BCUT2D eigenvalue weighted by Gasteiger charge is 2.29. The normalized spacial score (nSPS) is 15.3. The SMILES string of the molecule is COc1ccc([C@@H](C)NC(=O)/C(C#N)=C/c2c[nH]c3nccc(-c4cccc(CN5CCN(n6cc(/C=C(\C#N)C(=O)N[C@H](C)c7ccc(OC)c(OC)c7)c7c(-c8ccc(CN9CCN(Cn%10cc(/C=C(\C#N)C(=O)N[C@H](C)c%11ccc(OC)c(OC)c%11)c%11c(-c%12cccc(N%13CCN(C)CC%13)c%12)ccnc%11%10)CC9)cc8)ccnc76)CC5)c4)c23)cc1OC. The van der Waals surface area contributed by atoms with E-state index >= 15 is 0 Å². The van der Waals surface area contributed by atoms with Crippen molar-refractivity contribution < 1.29 is 42.8 Å². The van der Waals surface area contributed by atoms with E-state index in [0.717, 1.165) is 141 Å². The Labute approximate surface area is 721 Å². The van der Waals surface area contributed by atoms with Gasteiger partial charge in [0.1, 0.15) is 46.2 Å². The van der Waals surface area contributed by atoms with Crippen LogP contribution in [0.3, 0.4) is 0 Å². The molecule has 0 saturated carbocycles. The first-order valence-electron chi connectivity index (χ1n) is 41.4. The quantitative estimate of drug-likeness (QED) is 0.0250. The number of hydrogen-bond donors (Lipinski definition) is 4. The molecular formula is C97H100N18O9. The number of aromatic amines is 1. The molecule has 0 unspecified atom stereocenters. The fourth-order valence-electron chi connectivity index (χ4n) is 16.7. The van der Waals surface area contributed by atoms with Crippen LogP contribution < -0.4 is 54.3 Å². The maximum atomic E-state index is 14.4. The lowest BCUT2D eigenvalue weighted by Crippen LogP contribution is -2.50. The summed E-state index contributed by atoms with van der Waals surface area (Å²) in [5, 5.41) is 45.8. The first kappa shape index (κ1) is 84.7. The predicted molar refractivity (Wildman–Crippen MR) is 481 cm³/mol. The van der Waals surface area contributed by atoms with Crippen LogP contribution in [0.15, 0.2) is 199 Å². The Morgan fingerprint density at radius 3 is 1.41 bits per heavy atom. The number of likely N-dealkylation sites (N-methyl/N-ethyl adjacent to an activating group) is 1. The zero-order chi connectivity index (χ0) is 86.7. The lowest BCUT2D eigenvalue weighted by Gasteiger charge is -2.36. The molecule has 3 atom stereocenters. The fourth-order valence-corrected chi connectivity index (χ4v) is 16.7. The minimum atomic E-state index is -0.540. The van der Waals surface area contributed by atoms with E-state index in [4.69, 9.17) is 38.4 Å². The summed E-state index contributed by atoms with van der Waals surface area (Å²) in [4.78, 5) is 72.4. The summed E-state index contributed by atoms with van der Waals surface area (Å²) in [5.41, 5.74) is 15.2. The number of H-pyrrole nitrogens is 1. The molecular weight excluding hydrogens is 1560 g/mol. The first-order valence-corrected chi connectivity index (χ1v) is 41.4. The molecule has 0 spiro atoms. The van der Waals surface area contributed by atoms with E-state index < -0.39 is 35.8 Å². The van der Waals surface area contributed by atoms with Crippen molar-refractivity contribution in [2.45, 2.75) is 58.7 Å². The monoisotopic (exact) mass is 1660 g/mol. The maximum absolute atomic E-state index is 14.4. The summed E-state index contributed by atoms with van der Waals surface area (Å²) >= 11 is 0. The number of aromatic nitrogens is 6. The van der Waals surface area contributed by atoms with E-state index in [-0.39, 0.29) is 16.7 Å². The van der Waals surface area contributed by atoms with E-state index in [9.17, 15) is 30.2 Å². The second kappa shape index (κ2) is 38.2. The summed E-state index contributed by atoms with van der Waals surface area (Å²) in [6, 6.07) is 53.1. The number of hydrogen-bond acceptors (Lipinski definition) is 21. The summed E-state index contributed by atoms with van der Waals surface area (Å²) in [7, 11) is 11.5. The van der Waals surface area contributed by atoms with E-state index in [1.165, 1.54) is 0 Å². The van der Waals surface area contributed by atoms with Gasteiger partial charge in [0.15, 0.2) is 40.1 Å². The van der Waals surface area contributed by atoms with Gasteiger partial charge in [-0.2, -0.15) is 15.8 Å². The average molecular weight is 1660 g/mol. The second-order valence-corrected chi connectivity index (χ2v) is 31.4. The lowest BCUT2D eigenvalue weighted by molar-refractivity contribution is -0.118. The molecule has 27 nitrogen and oxygen atoms in total. The van der Waals surface area contributed by atoms with Crippen LogP contribution >= 0.6 is 0 Å². The number of nitriles is 3. The Kier molecular flexibility index (Phi) is 26.1. The highest BCUT2D eigenvalue weighted by atomic mass is 16.5. The molecule has 3 aliphatic heterocycles. The maximum Gasteiger partial charge on any atom is 0.262 e. The molecule has 12 aromatic rings. The molecule has 3 fully saturated rings. The van der Waals surface area contributed by atoms with E-state index in [0.29, 0.717) is 108 Å². The van der Waals surface area contributed by atoms with Crippen LogP contribution in [-0.4, -0.2) is 195 Å². The standard InChI is InChI=1S/C97H100N18O9/c1-62(68-21-24-83(119-5)86(50-68)122-8)105-95(116)73(53-98)46-76-56-104-92-89(76)81(27-30-101-92)71-14-11-13-66(45-71)58-110-39-43-114(44-40-110)115-60-78(48-75(55-100)97(118)107-64(3)70-23-26-85(121-7)88(52-70)124-10)91-80(28-32-103-94(91)115)67-19-17-65(18-20-67)57-109-35-37-111(38-36-109)61-113-59-77(47-74(54-99)96(117)106-63(2)69-22-25-84(120-6)87(51-69)123-9)90-82(29-31-102-93(90)113)72-15-12-16-79(49-72)112-41-33-108(4)34-42-112/h11-32,45-52,56,59-60,62-64H,33-44,57-58,61H2,1-10H3,(H,101,104)(H,105,116)(H,106,117)(H,107,118)/b73-46+,74-47+,75-48+/t62-,63-,64-/m1/s1. The van der Waals surface area contributed by atoms with Crippen LogP contribution in [0.5, 0.6) is 34.5 Å². The Balaban J connectivity index is 0.654. The van der Waals surface area contributed by atoms with Crippen molar-refractivity contribution in [3.8, 4) is 86.1 Å². The van der Waals surface area contributed by atoms with Crippen LogP contribution in [0.4, 0.5) is 5.69 Å². The summed E-state index contributed by atoms with van der Waals surface area (Å²) in [6.45, 7) is 17.0. The van der Waals surface area contributed by atoms with Crippen LogP contribution in [0, 0.1) is 34.0 Å². The number of methoxy groups -OCH3 is 6. The third kappa shape index (κ3) is 18.5. The van der Waals surface area contributed by atoms with Crippen molar-refractivity contribution in [2.24, 2.45) is 0 Å². The van der Waals surface area contributed by atoms with E-state index in [2.05, 4.69) is 157 Å². The second-order valence-electron chi connectivity index (χ2n) is 31.4. The molecule has 3 amide bonds. The van der Waals surface area contributed by atoms with Crippen LogP contribution in [0.1, 0.15) is 83.4 Å². The Hall–Kier alpha value is -14.3. The van der Waals surface area contributed by atoms with Gasteiger partial charge in [-0.15, -0.1) is 0 Å². The van der Waals surface area contributed by atoms with Gasteiger partial charge in [0.25, 0.3) is 17.7 Å². The smallest absolute Gasteiger partial charge is 0.262 e. The van der Waals surface area contributed by atoms with Crippen molar-refractivity contribution in [3.05, 3.63) is 244 Å². The first-order chi connectivity index (χ1) is 60.4. The summed E-state index contributed by atoms with van der Waals surface area (Å²) in [5.74, 6) is 1.68. The molecule has 6 aromatic heterocycles. The predicted octanol–water partition coefficient (Wildman–Crippen LogP) is 13.6. The van der Waals surface area contributed by atoms with Crippen molar-refractivity contribution in [1.29, 1.82) is 15.8 Å². The van der Waals surface area contributed by atoms with Crippen molar-refractivity contribution in [3.63, 3.8) is 0 Å². The fraction of sp³-hybridized carbons (Fsp3) is 0.289. The number of rotatable bonds is 29. The number of carbonyl (C=O) groups excluding carboxylic acids is 3. The molecule has 9 heterocycles. The Bertz CT molecular complexity index is 6200. The number of fused-ring (bicyclic) bond motifs is 3. The van der Waals surface area contributed by atoms with E-state index in [1.807, 2.05) is 100 Å². The van der Waals surface area contributed by atoms with Crippen molar-refractivity contribution in [1.82, 2.24) is 64.7 Å². The summed E-state index contributed by atoms with van der Waals surface area (Å²) < 4.78 is 37.2. The molecule has 0 aliphatic carbocycles. The van der Waals surface area contributed by atoms with Gasteiger partial charge in [-0.1, -0.05) is 72.8 Å². The van der Waals surface area contributed by atoms with E-state index in [1.54, 1.807) is 97.5 Å². The number of ether oxygens (including phenoxy) is 6. The number of benzene rings is 6. The molecule has 27 heteroatoms. The zero-order valence-electron chi connectivity index (χ0n) is 71.3. The topological polar surface area (TPSA) is 298 Å². The minimum absolute atomic E-state index is 0.0409. The zero-order valence-corrected chi connectivity index (χ0v) is 71.3. The van der Waals surface area contributed by atoms with Gasteiger partial charge in [0, 0.05) is 167 Å². The number of anilines is 1. The van der Waals surface area contributed by atoms with Gasteiger partial charge < -0.3 is 68.7 Å². The van der Waals surface area contributed by atoms with Gasteiger partial charge in [0.2, 0.25) is 0 Å². The van der Waals surface area contributed by atoms with Gasteiger partial charge in [0.05, 0.1) is 67.5 Å². The molecule has 15 rings (SSSR count). The molecule has 0 bridgehead atoms. The molecule has 0 radical (unpaired) electrons. The van der Waals surface area contributed by atoms with Crippen molar-refractivity contribution >= 4 is 74.7 Å². The van der Waals surface area contributed by atoms with Crippen LogP contribution in [0.25, 0.3) is 84.7 Å². The lowest BCUT2D eigenvalue weighted by atomic mass is 9.98. The van der Waals surface area contributed by atoms with Crippen LogP contribution in [0.2, 0.25) is 0 Å². The van der Waals surface area contributed by atoms with Gasteiger partial charge in [-0.25, -0.2) is 19.6 Å². The number of amides is 3. The van der Waals surface area contributed by atoms with Crippen LogP contribution in [-0.2, 0) is 34.1 Å². The number of piperazine rings is 3. The number of nitrogens with zero attached hydrogens (tertiary/aromatic N) is 14. The molecule has 4 N–H and O–H groups in total. The van der Waals surface area contributed by atoms with Gasteiger partial charge in [-0.3, -0.25) is 29.1 Å². The summed E-state index contributed by atoms with van der Waals surface area (Å²) in [6.07, 6.45) is 16.1. The van der Waals surface area contributed by atoms with Gasteiger partial charge >= 0.3 is 0 Å². The Morgan fingerprint density at radius 1 is 0.444 bits per heavy atom. The molecule has 3 saturated heterocycles. The van der Waals surface area contributed by atoms with Crippen molar-refractivity contribution in [2.75, 3.05) is 138 Å². The van der Waals surface area contributed by atoms with Gasteiger partial charge in [-0.05, 0) is 180 Å². The average Bonchev–Trinajstić information content (AvgIpc) is 1.60.